The Morgan fingerprint density at radius 1 is 0.600 bits per heavy atom. The van der Waals surface area contributed by atoms with E-state index in [2.05, 4.69) is 58.5 Å². The number of hydrogen-bond donors (Lipinski definition) is 14. The van der Waals surface area contributed by atoms with Gasteiger partial charge in [-0.15, -0.1) is 0 Å². The van der Waals surface area contributed by atoms with Crippen LogP contribution in [-0.4, -0.2) is 167 Å². The number of nitrogens with one attached hydrogen (secondary N) is 12. The summed E-state index contributed by atoms with van der Waals surface area (Å²) in [6, 6.07) is -0.140. The summed E-state index contributed by atoms with van der Waals surface area (Å²) in [5.74, 6) is -4.00. The van der Waals surface area contributed by atoms with Gasteiger partial charge in [-0.2, -0.15) is 0 Å². The molecule has 0 aliphatic heterocycles. The maximum absolute atomic E-state index is 14.2. The molecule has 0 aliphatic carbocycles. The molecule has 7 atom stereocenters. The van der Waals surface area contributed by atoms with Gasteiger partial charge < -0.3 is 73.3 Å². The Bertz CT molecular complexity index is 1780. The maximum Gasteiger partial charge on any atom is 0.243 e. The van der Waals surface area contributed by atoms with E-state index >= 15 is 0 Å². The minimum Gasteiger partial charge on any atom is -0.508 e. The van der Waals surface area contributed by atoms with E-state index < -0.39 is 92.6 Å². The molecule has 6 amide bonds. The fourth-order valence-electron chi connectivity index (χ4n) is 7.29. The lowest BCUT2D eigenvalue weighted by molar-refractivity contribution is -0.135. The minimum absolute atomic E-state index is 0.0424. The van der Waals surface area contributed by atoms with Crippen molar-refractivity contribution in [2.45, 2.75) is 139 Å². The maximum atomic E-state index is 14.2. The van der Waals surface area contributed by atoms with Gasteiger partial charge in [0.15, 0.2) is 11.7 Å². The SMILES string of the molecule is CCCCC(=O)C(CCCCNC)NC(=O)CNC(=O)C(CC[PH](C)=O)NC(=O)[C@H](CCCCNC(=N)NC)NC(=O)[C@H](CCCCNC)NC(=O)[C@H](CCO)NC(=O)[C@H](Cc1ccc(O)cc1)NC. The second kappa shape index (κ2) is 37.6. The van der Waals surface area contributed by atoms with Crippen LogP contribution >= 0.6 is 7.80 Å². The molecule has 0 saturated carbocycles. The Morgan fingerprint density at radius 2 is 1.09 bits per heavy atom. The first-order valence-corrected chi connectivity index (χ1v) is 26.8. The molecule has 3 unspecified atom stereocenters. The number of amides is 6. The Hall–Kier alpha value is -5.15. The molecule has 0 aliphatic rings. The summed E-state index contributed by atoms with van der Waals surface area (Å²) < 4.78 is 12.3. The molecule has 0 aromatic heterocycles. The highest BCUT2D eigenvalue weighted by atomic mass is 31.1. The van der Waals surface area contributed by atoms with Crippen molar-refractivity contribution >= 4 is 55.0 Å². The Morgan fingerprint density at radius 3 is 1.56 bits per heavy atom. The number of likely N-dealkylation sites (N-methyl/N-ethyl adjacent to an activating group) is 1. The summed E-state index contributed by atoms with van der Waals surface area (Å²) in [6.07, 6.45) is 6.01. The van der Waals surface area contributed by atoms with E-state index in [0.717, 1.165) is 24.9 Å². The van der Waals surface area contributed by atoms with Crippen molar-refractivity contribution in [3.63, 3.8) is 0 Å². The molecule has 398 valence electrons. The van der Waals surface area contributed by atoms with E-state index in [1.165, 1.54) is 18.8 Å². The molecule has 1 aromatic rings. The number of aliphatic hydroxyl groups is 1. The van der Waals surface area contributed by atoms with E-state index in [9.17, 15) is 48.3 Å². The number of unbranched alkanes of at least 4 members (excludes halogenated alkanes) is 4. The molecule has 1 aromatic carbocycles. The number of phenols is 1. The van der Waals surface area contributed by atoms with Gasteiger partial charge in [0.1, 0.15) is 29.9 Å². The Balaban J connectivity index is 3.37. The Kier molecular flexibility index (Phi) is 33.8. The number of phenolic OH excluding ortho intramolecular Hbond substituents is 1. The summed E-state index contributed by atoms with van der Waals surface area (Å²) in [4.78, 5) is 95.6. The number of benzene rings is 1. The van der Waals surface area contributed by atoms with Crippen molar-refractivity contribution in [2.75, 3.05) is 73.8 Å². The van der Waals surface area contributed by atoms with Crippen LogP contribution in [0.15, 0.2) is 24.3 Å². The first kappa shape index (κ1) is 62.9. The summed E-state index contributed by atoms with van der Waals surface area (Å²) in [7, 11) is 4.66. The molecule has 14 N–H and O–H groups in total. The van der Waals surface area contributed by atoms with Crippen molar-refractivity contribution in [3.05, 3.63) is 29.8 Å². The number of ketones is 1. The third kappa shape index (κ3) is 27.3. The zero-order chi connectivity index (χ0) is 52.3. The van der Waals surface area contributed by atoms with Gasteiger partial charge >= 0.3 is 0 Å². The van der Waals surface area contributed by atoms with E-state index in [1.807, 2.05) is 14.0 Å². The molecule has 22 nitrogen and oxygen atoms in total. The Labute approximate surface area is 415 Å². The number of carbonyl (C=O) groups excluding carboxylic acids is 7. The monoisotopic (exact) mass is 1010 g/mol. The van der Waals surface area contributed by atoms with Crippen molar-refractivity contribution < 1.29 is 48.3 Å². The van der Waals surface area contributed by atoms with Gasteiger partial charge in [0.05, 0.1) is 26.4 Å². The largest absolute Gasteiger partial charge is 0.508 e. The number of hydrogen-bond acceptors (Lipinski definition) is 14. The first-order chi connectivity index (χ1) is 33.5. The first-order valence-electron chi connectivity index (χ1n) is 24.7. The molecule has 23 heteroatoms. The highest BCUT2D eigenvalue weighted by Crippen LogP contribution is 2.17. The van der Waals surface area contributed by atoms with Gasteiger partial charge in [0.2, 0.25) is 35.4 Å². The highest BCUT2D eigenvalue weighted by molar-refractivity contribution is 7.43. The summed E-state index contributed by atoms with van der Waals surface area (Å²) in [6.45, 7) is 4.27. The van der Waals surface area contributed by atoms with Crippen LogP contribution in [0.3, 0.4) is 0 Å². The molecule has 0 heterocycles. The lowest BCUT2D eigenvalue weighted by atomic mass is 10.0. The quantitative estimate of drug-likeness (QED) is 0.0171. The van der Waals surface area contributed by atoms with Crippen LogP contribution in [0.4, 0.5) is 0 Å². The fraction of sp³-hybridized carbons (Fsp3) is 0.702. The van der Waals surface area contributed by atoms with Crippen molar-refractivity contribution in [1.29, 1.82) is 5.41 Å². The van der Waals surface area contributed by atoms with Crippen LogP contribution in [0.1, 0.15) is 102 Å². The number of rotatable bonds is 39. The van der Waals surface area contributed by atoms with Crippen molar-refractivity contribution in [3.8, 4) is 5.75 Å². The number of guanidine groups is 1. The van der Waals surface area contributed by atoms with Gasteiger partial charge in [-0.05, 0) is 142 Å². The molecular formula is C47H85N12O10P. The zero-order valence-electron chi connectivity index (χ0n) is 42.3. The third-order valence-corrected chi connectivity index (χ3v) is 12.5. The summed E-state index contributed by atoms with van der Waals surface area (Å²) in [5, 5.41) is 58.2. The lowest BCUT2D eigenvalue weighted by Gasteiger charge is -2.27. The molecule has 0 bridgehead atoms. The summed E-state index contributed by atoms with van der Waals surface area (Å²) >= 11 is 0. The van der Waals surface area contributed by atoms with E-state index in [4.69, 9.17) is 5.41 Å². The fourth-order valence-corrected chi connectivity index (χ4v) is 7.98. The predicted octanol–water partition coefficient (Wildman–Crippen LogP) is -0.522. The number of aromatic hydroxyl groups is 1. The molecule has 1 rings (SSSR count). The number of carbonyl (C=O) groups is 7. The normalized spacial score (nSPS) is 14.0. The highest BCUT2D eigenvalue weighted by Gasteiger charge is 2.32. The van der Waals surface area contributed by atoms with Gasteiger partial charge in [0.25, 0.3) is 0 Å². The van der Waals surface area contributed by atoms with Gasteiger partial charge in [-0.1, -0.05) is 25.5 Å². The van der Waals surface area contributed by atoms with Crippen LogP contribution in [0, 0.1) is 5.41 Å². The molecule has 70 heavy (non-hydrogen) atoms. The standard InChI is InChI=1S/C47H85N12O10P/c1-7-8-18-40(62)34(15-9-12-25-49-2)55-41(63)31-54-42(64)38(24-29-70(6)69)59-44(66)36(17-11-14-27-53-47(48)52-5)56-43(65)35(16-10-13-26-50-3)57-45(67)37(23-28-60)58-46(68)39(51-4)30-32-19-21-33(61)22-20-32/h19-22,34-39,49-51,60-61,70H,7-18,23-31H2,1-6H3,(H,54,64)(H,55,63)(H,56,65)(H,57,67)(H,58,68)(H,59,66)(H3,48,52,53)/t34?,35-,36-,37-,38?,39-/m0/s1. The predicted molar refractivity (Wildman–Crippen MR) is 272 cm³/mol. The lowest BCUT2D eigenvalue weighted by Crippen LogP contribution is -2.59. The van der Waals surface area contributed by atoms with Crippen molar-refractivity contribution in [1.82, 2.24) is 58.5 Å². The number of aliphatic hydroxyl groups excluding tert-OH is 1. The smallest absolute Gasteiger partial charge is 0.243 e. The second-order valence-corrected chi connectivity index (χ2v) is 19.3. The van der Waals surface area contributed by atoms with E-state index in [-0.39, 0.29) is 55.8 Å². The third-order valence-electron chi connectivity index (χ3n) is 11.5. The molecule has 0 radical (unpaired) electrons. The van der Waals surface area contributed by atoms with E-state index in [0.29, 0.717) is 64.5 Å². The minimum atomic E-state index is -2.12. The van der Waals surface area contributed by atoms with Crippen molar-refractivity contribution in [2.24, 2.45) is 0 Å². The number of Topliss-reactive ketones (excluding diaryl/α,β-unsaturated/α-hetero) is 1. The van der Waals surface area contributed by atoms with Gasteiger partial charge in [-0.25, -0.2) is 0 Å². The van der Waals surface area contributed by atoms with Gasteiger partial charge in [-0.3, -0.25) is 39.0 Å². The average Bonchev–Trinajstić information content (AvgIpc) is 3.34. The van der Waals surface area contributed by atoms with Crippen LogP contribution in [0.5, 0.6) is 5.75 Å². The molecule has 0 spiro atoms. The van der Waals surface area contributed by atoms with E-state index in [1.54, 1.807) is 33.3 Å². The van der Waals surface area contributed by atoms with Crippen LogP contribution < -0.4 is 58.5 Å². The summed E-state index contributed by atoms with van der Waals surface area (Å²) in [5.41, 5.74) is 0.740. The topological polar surface area (TPSA) is 333 Å². The van der Waals surface area contributed by atoms with Crippen LogP contribution in [0.2, 0.25) is 0 Å². The molecular weight excluding hydrogens is 924 g/mol. The van der Waals surface area contributed by atoms with Crippen LogP contribution in [0.25, 0.3) is 0 Å². The van der Waals surface area contributed by atoms with Crippen LogP contribution in [-0.2, 0) is 44.5 Å². The average molecular weight is 1010 g/mol. The zero-order valence-corrected chi connectivity index (χ0v) is 43.3. The van der Waals surface area contributed by atoms with Gasteiger partial charge in [0, 0.05) is 32.8 Å². The second-order valence-electron chi connectivity index (χ2n) is 17.4. The molecule has 0 fully saturated rings. The molecule has 0 saturated heterocycles.